The van der Waals surface area contributed by atoms with Crippen LogP contribution in [0.2, 0.25) is 20.1 Å². The lowest BCUT2D eigenvalue weighted by Gasteiger charge is -2.32. The number of carbonyl (C=O) groups is 2. The molecule has 0 saturated heterocycles. The molecule has 0 bridgehead atoms. The summed E-state index contributed by atoms with van der Waals surface area (Å²) in [6, 6.07) is 19.2. The maximum absolute atomic E-state index is 13.7. The van der Waals surface area contributed by atoms with Crippen LogP contribution in [0.3, 0.4) is 0 Å². The highest BCUT2D eigenvalue weighted by Crippen LogP contribution is 2.26. The summed E-state index contributed by atoms with van der Waals surface area (Å²) < 4.78 is 0. The van der Waals surface area contributed by atoms with Gasteiger partial charge in [0.1, 0.15) is 6.04 Å². The fraction of sp³-hybridized carbons (Fsp3) is 0.259. The van der Waals surface area contributed by atoms with Gasteiger partial charge in [-0.05, 0) is 47.4 Å². The van der Waals surface area contributed by atoms with E-state index in [1.54, 1.807) is 41.3 Å². The minimum atomic E-state index is -0.728. The molecule has 2 amide bonds. The molecule has 8 heteroatoms. The third kappa shape index (κ3) is 7.88. The fourth-order valence-electron chi connectivity index (χ4n) is 3.68. The summed E-state index contributed by atoms with van der Waals surface area (Å²) in [5.74, 6) is -0.430. The highest BCUT2D eigenvalue weighted by Gasteiger charge is 2.30. The average Bonchev–Trinajstić information content (AvgIpc) is 2.84. The lowest BCUT2D eigenvalue weighted by molar-refractivity contribution is -0.140. The van der Waals surface area contributed by atoms with Crippen molar-refractivity contribution in [1.82, 2.24) is 10.2 Å². The zero-order chi connectivity index (χ0) is 25.4. The molecule has 0 aromatic heterocycles. The molecule has 1 atom stereocenters. The Bertz CT molecular complexity index is 1170. The Morgan fingerprint density at radius 2 is 1.40 bits per heavy atom. The first-order chi connectivity index (χ1) is 16.8. The van der Waals surface area contributed by atoms with Crippen LogP contribution in [0.4, 0.5) is 0 Å². The summed E-state index contributed by atoms with van der Waals surface area (Å²) in [5.41, 5.74) is 2.42. The standard InChI is InChI=1S/C27H26Cl4N2O2/c1-2-12-32-27(35)25(15-18-6-4-3-5-7-18)33(17-20-9-11-22(29)24(31)14-20)26(34)16-19-8-10-21(28)23(30)13-19/h3-11,13-14,25H,2,12,15-17H2,1H3,(H,32,35)/t25-/m1/s1. The van der Waals surface area contributed by atoms with Crippen LogP contribution in [0, 0.1) is 0 Å². The van der Waals surface area contributed by atoms with Crippen LogP contribution in [0.5, 0.6) is 0 Å². The molecule has 184 valence electrons. The number of nitrogens with one attached hydrogen (secondary N) is 1. The second-order valence-electron chi connectivity index (χ2n) is 8.19. The van der Waals surface area contributed by atoms with Gasteiger partial charge in [-0.2, -0.15) is 0 Å². The van der Waals surface area contributed by atoms with Crippen LogP contribution in [0.1, 0.15) is 30.0 Å². The molecule has 0 aliphatic rings. The molecular weight excluding hydrogens is 526 g/mol. The summed E-state index contributed by atoms with van der Waals surface area (Å²) in [7, 11) is 0. The third-order valence-electron chi connectivity index (χ3n) is 5.50. The van der Waals surface area contributed by atoms with Gasteiger partial charge in [0.2, 0.25) is 11.8 Å². The van der Waals surface area contributed by atoms with E-state index in [0.717, 1.165) is 17.5 Å². The van der Waals surface area contributed by atoms with Gasteiger partial charge in [0.15, 0.2) is 0 Å². The van der Waals surface area contributed by atoms with Crippen molar-refractivity contribution in [3.8, 4) is 0 Å². The zero-order valence-electron chi connectivity index (χ0n) is 19.2. The Morgan fingerprint density at radius 1 is 0.800 bits per heavy atom. The molecule has 4 nitrogen and oxygen atoms in total. The van der Waals surface area contributed by atoms with Crippen molar-refractivity contribution in [2.75, 3.05) is 6.54 Å². The quantitative estimate of drug-likeness (QED) is 0.294. The summed E-state index contributed by atoms with van der Waals surface area (Å²) in [6.07, 6.45) is 1.21. The molecule has 0 aliphatic heterocycles. The topological polar surface area (TPSA) is 49.4 Å². The zero-order valence-corrected chi connectivity index (χ0v) is 22.3. The van der Waals surface area contributed by atoms with Gasteiger partial charge in [-0.1, -0.05) is 95.8 Å². The molecule has 0 fully saturated rings. The monoisotopic (exact) mass is 550 g/mol. The van der Waals surface area contributed by atoms with E-state index in [1.807, 2.05) is 37.3 Å². The van der Waals surface area contributed by atoms with Gasteiger partial charge in [-0.3, -0.25) is 9.59 Å². The number of benzene rings is 3. The van der Waals surface area contributed by atoms with Gasteiger partial charge in [0.05, 0.1) is 26.5 Å². The molecule has 0 aliphatic carbocycles. The van der Waals surface area contributed by atoms with Crippen molar-refractivity contribution in [1.29, 1.82) is 0 Å². The largest absolute Gasteiger partial charge is 0.354 e. The summed E-state index contributed by atoms with van der Waals surface area (Å²) in [4.78, 5) is 28.6. The molecule has 3 aromatic carbocycles. The van der Waals surface area contributed by atoms with Crippen molar-refractivity contribution < 1.29 is 9.59 Å². The molecule has 0 unspecified atom stereocenters. The second kappa shape index (κ2) is 13.2. The van der Waals surface area contributed by atoms with Gasteiger partial charge in [0, 0.05) is 19.5 Å². The Labute approximate surface area is 226 Å². The minimum Gasteiger partial charge on any atom is -0.354 e. The predicted molar refractivity (Wildman–Crippen MR) is 144 cm³/mol. The van der Waals surface area contributed by atoms with E-state index in [-0.39, 0.29) is 24.8 Å². The predicted octanol–water partition coefficient (Wildman–Crippen LogP) is 7.01. The lowest BCUT2D eigenvalue weighted by atomic mass is 10.0. The minimum absolute atomic E-state index is 0.0601. The van der Waals surface area contributed by atoms with Crippen molar-refractivity contribution in [3.63, 3.8) is 0 Å². The van der Waals surface area contributed by atoms with E-state index in [4.69, 9.17) is 46.4 Å². The molecule has 1 N–H and O–H groups in total. The normalized spacial score (nSPS) is 11.7. The smallest absolute Gasteiger partial charge is 0.243 e. The number of hydrogen-bond donors (Lipinski definition) is 1. The van der Waals surface area contributed by atoms with Crippen LogP contribution in [0.25, 0.3) is 0 Å². The van der Waals surface area contributed by atoms with Crippen LogP contribution in [-0.2, 0) is 29.0 Å². The molecule has 35 heavy (non-hydrogen) atoms. The van der Waals surface area contributed by atoms with Crippen molar-refractivity contribution in [2.24, 2.45) is 0 Å². The van der Waals surface area contributed by atoms with Gasteiger partial charge in [-0.15, -0.1) is 0 Å². The van der Waals surface area contributed by atoms with Crippen molar-refractivity contribution >= 4 is 58.2 Å². The molecular formula is C27H26Cl4N2O2. The Morgan fingerprint density at radius 3 is 2.00 bits per heavy atom. The maximum atomic E-state index is 13.7. The average molecular weight is 552 g/mol. The number of amides is 2. The Hall–Kier alpha value is -2.24. The van der Waals surface area contributed by atoms with Gasteiger partial charge >= 0.3 is 0 Å². The number of hydrogen-bond acceptors (Lipinski definition) is 2. The van der Waals surface area contributed by atoms with Crippen molar-refractivity contribution in [2.45, 2.75) is 38.8 Å². The first-order valence-corrected chi connectivity index (χ1v) is 12.8. The highest BCUT2D eigenvalue weighted by molar-refractivity contribution is 6.42. The van der Waals surface area contributed by atoms with Crippen LogP contribution < -0.4 is 5.32 Å². The molecule has 0 spiro atoms. The van der Waals surface area contributed by atoms with E-state index < -0.39 is 6.04 Å². The first-order valence-electron chi connectivity index (χ1n) is 11.3. The third-order valence-corrected chi connectivity index (χ3v) is 6.97. The van der Waals surface area contributed by atoms with Gasteiger partial charge in [-0.25, -0.2) is 0 Å². The van der Waals surface area contributed by atoms with E-state index in [0.29, 0.717) is 38.6 Å². The maximum Gasteiger partial charge on any atom is 0.243 e. The number of rotatable bonds is 10. The summed E-state index contributed by atoms with van der Waals surface area (Å²) >= 11 is 24.5. The van der Waals surface area contributed by atoms with Crippen LogP contribution in [-0.4, -0.2) is 29.3 Å². The van der Waals surface area contributed by atoms with Crippen molar-refractivity contribution in [3.05, 3.63) is 104 Å². The SMILES string of the molecule is CCCNC(=O)[C@@H](Cc1ccccc1)N(Cc1ccc(Cl)c(Cl)c1)C(=O)Cc1ccc(Cl)c(Cl)c1. The number of carbonyl (C=O) groups excluding carboxylic acids is 2. The van der Waals surface area contributed by atoms with Gasteiger partial charge < -0.3 is 10.2 Å². The Balaban J connectivity index is 1.98. The molecule has 3 rings (SSSR count). The highest BCUT2D eigenvalue weighted by atomic mass is 35.5. The molecule has 0 saturated carbocycles. The van der Waals surface area contributed by atoms with E-state index in [9.17, 15) is 9.59 Å². The van der Waals surface area contributed by atoms with E-state index >= 15 is 0 Å². The molecule has 0 heterocycles. The van der Waals surface area contributed by atoms with Crippen LogP contribution in [0.15, 0.2) is 66.7 Å². The second-order valence-corrected chi connectivity index (χ2v) is 9.82. The molecule has 0 radical (unpaired) electrons. The van der Waals surface area contributed by atoms with E-state index in [2.05, 4.69) is 5.32 Å². The number of halogens is 4. The van der Waals surface area contributed by atoms with Gasteiger partial charge in [0.25, 0.3) is 0 Å². The number of nitrogens with zero attached hydrogens (tertiary/aromatic N) is 1. The summed E-state index contributed by atoms with van der Waals surface area (Å²) in [5, 5.41) is 4.55. The molecule has 3 aromatic rings. The summed E-state index contributed by atoms with van der Waals surface area (Å²) in [6.45, 7) is 2.69. The fourth-order valence-corrected chi connectivity index (χ4v) is 4.32. The first kappa shape index (κ1) is 27.3. The van der Waals surface area contributed by atoms with Crippen LogP contribution >= 0.6 is 46.4 Å². The van der Waals surface area contributed by atoms with E-state index in [1.165, 1.54) is 0 Å². The lowest BCUT2D eigenvalue weighted by Crippen LogP contribution is -2.51. The Kier molecular flexibility index (Phi) is 10.3.